The molecule has 0 spiro atoms. The van der Waals surface area contributed by atoms with E-state index in [1.807, 2.05) is 0 Å². The van der Waals surface area contributed by atoms with Crippen LogP contribution in [-0.2, 0) is 0 Å². The zero-order valence-electron chi connectivity index (χ0n) is 10.7. The van der Waals surface area contributed by atoms with Crippen LogP contribution in [0, 0.1) is 11.6 Å². The Kier molecular flexibility index (Phi) is 3.33. The van der Waals surface area contributed by atoms with Gasteiger partial charge in [-0.2, -0.15) is 0 Å². The summed E-state index contributed by atoms with van der Waals surface area (Å²) in [5.41, 5.74) is 5.40. The lowest BCUT2D eigenvalue weighted by atomic mass is 10.2. The number of aromatic nitrogens is 1. The summed E-state index contributed by atoms with van der Waals surface area (Å²) in [5.74, 6) is -2.85. The normalized spacial score (nSPS) is 22.2. The SMILES string of the molecule is N[C@H]1CN(C(=O)c2cc3cc(Cl)c(F)c(F)c3[nH]2)C[C@H]1F. The van der Waals surface area contributed by atoms with E-state index in [0.717, 1.165) is 0 Å². The molecule has 0 radical (unpaired) electrons. The zero-order chi connectivity index (χ0) is 15.3. The Morgan fingerprint density at radius 3 is 2.67 bits per heavy atom. The van der Waals surface area contributed by atoms with E-state index in [9.17, 15) is 18.0 Å². The van der Waals surface area contributed by atoms with Gasteiger partial charge in [-0.25, -0.2) is 13.2 Å². The number of hydrogen-bond acceptors (Lipinski definition) is 2. The number of carbonyl (C=O) groups is 1. The van der Waals surface area contributed by atoms with Crippen molar-refractivity contribution < 1.29 is 18.0 Å². The Bertz CT molecular complexity index is 723. The number of benzene rings is 1. The van der Waals surface area contributed by atoms with E-state index in [1.54, 1.807) is 0 Å². The number of aromatic amines is 1. The van der Waals surface area contributed by atoms with Crippen molar-refractivity contribution >= 4 is 28.4 Å². The average Bonchev–Trinajstić information content (AvgIpc) is 3.00. The molecule has 1 aliphatic heterocycles. The highest BCUT2D eigenvalue weighted by molar-refractivity contribution is 6.31. The Balaban J connectivity index is 1.98. The first-order valence-electron chi connectivity index (χ1n) is 6.23. The third-order valence-corrected chi connectivity index (χ3v) is 3.84. The minimum Gasteiger partial charge on any atom is -0.348 e. The summed E-state index contributed by atoms with van der Waals surface area (Å²) in [7, 11) is 0. The number of nitrogens with one attached hydrogen (secondary N) is 1. The summed E-state index contributed by atoms with van der Waals surface area (Å²) >= 11 is 5.56. The van der Waals surface area contributed by atoms with Crippen LogP contribution >= 0.6 is 11.6 Å². The Morgan fingerprint density at radius 2 is 2.05 bits per heavy atom. The highest BCUT2D eigenvalue weighted by Crippen LogP contribution is 2.28. The predicted octanol–water partition coefficient (Wildman–Crippen LogP) is 2.22. The highest BCUT2D eigenvalue weighted by Gasteiger charge is 2.34. The van der Waals surface area contributed by atoms with Gasteiger partial charge in [0.05, 0.1) is 23.1 Å². The second kappa shape index (κ2) is 4.92. The molecule has 0 aliphatic carbocycles. The third kappa shape index (κ3) is 2.26. The van der Waals surface area contributed by atoms with Gasteiger partial charge in [0.15, 0.2) is 11.6 Å². The second-order valence-corrected chi connectivity index (χ2v) is 5.43. The van der Waals surface area contributed by atoms with E-state index in [1.165, 1.54) is 17.0 Å². The van der Waals surface area contributed by atoms with Crippen LogP contribution in [0.5, 0.6) is 0 Å². The molecule has 1 saturated heterocycles. The molecule has 1 amide bonds. The molecule has 1 fully saturated rings. The topological polar surface area (TPSA) is 62.1 Å². The molecular weight excluding hydrogens is 307 g/mol. The number of carbonyl (C=O) groups excluding carboxylic acids is 1. The molecule has 21 heavy (non-hydrogen) atoms. The number of likely N-dealkylation sites (tertiary alicyclic amines) is 1. The van der Waals surface area contributed by atoms with Gasteiger partial charge in [-0.3, -0.25) is 4.79 Å². The standard InChI is InChI=1S/C13H11ClF3N3O/c14-6-1-5-2-9(19-12(5)11(17)10(6)16)13(21)20-3-7(15)8(18)4-20/h1-2,7-8,19H,3-4,18H2/t7-,8+/m1/s1. The van der Waals surface area contributed by atoms with Crippen LogP contribution < -0.4 is 5.73 Å². The molecule has 1 aliphatic rings. The molecule has 1 aromatic heterocycles. The van der Waals surface area contributed by atoms with Crippen molar-refractivity contribution in [2.24, 2.45) is 5.73 Å². The maximum absolute atomic E-state index is 13.7. The van der Waals surface area contributed by atoms with Gasteiger partial charge in [-0.05, 0) is 12.1 Å². The fourth-order valence-corrected chi connectivity index (χ4v) is 2.62. The monoisotopic (exact) mass is 317 g/mol. The van der Waals surface area contributed by atoms with Crippen molar-refractivity contribution in [3.8, 4) is 0 Å². The molecule has 2 heterocycles. The quantitative estimate of drug-likeness (QED) is 0.792. The molecule has 2 atom stereocenters. The molecule has 4 nitrogen and oxygen atoms in total. The molecule has 3 rings (SSSR count). The van der Waals surface area contributed by atoms with Gasteiger partial charge in [-0.1, -0.05) is 11.6 Å². The summed E-state index contributed by atoms with van der Waals surface area (Å²) in [6.07, 6.45) is -1.29. The van der Waals surface area contributed by atoms with Gasteiger partial charge >= 0.3 is 0 Å². The van der Waals surface area contributed by atoms with E-state index < -0.39 is 29.8 Å². The van der Waals surface area contributed by atoms with Crippen LogP contribution in [0.25, 0.3) is 10.9 Å². The van der Waals surface area contributed by atoms with Crippen molar-refractivity contribution in [2.75, 3.05) is 13.1 Å². The molecule has 0 saturated carbocycles. The maximum Gasteiger partial charge on any atom is 0.270 e. The van der Waals surface area contributed by atoms with Crippen LogP contribution in [-0.4, -0.2) is 41.1 Å². The molecule has 112 valence electrons. The number of halogens is 4. The predicted molar refractivity (Wildman–Crippen MR) is 72.0 cm³/mol. The van der Waals surface area contributed by atoms with Crippen LogP contribution in [0.1, 0.15) is 10.5 Å². The number of rotatable bonds is 1. The first-order chi connectivity index (χ1) is 9.88. The van der Waals surface area contributed by atoms with Crippen LogP contribution in [0.15, 0.2) is 12.1 Å². The smallest absolute Gasteiger partial charge is 0.270 e. The van der Waals surface area contributed by atoms with E-state index in [2.05, 4.69) is 4.98 Å². The lowest BCUT2D eigenvalue weighted by Gasteiger charge is -2.13. The van der Waals surface area contributed by atoms with Crippen LogP contribution in [0.3, 0.4) is 0 Å². The highest BCUT2D eigenvalue weighted by atomic mass is 35.5. The van der Waals surface area contributed by atoms with Gasteiger partial charge in [0.25, 0.3) is 5.91 Å². The maximum atomic E-state index is 13.7. The number of alkyl halides is 1. The van der Waals surface area contributed by atoms with Crippen molar-refractivity contribution in [1.29, 1.82) is 0 Å². The molecule has 0 unspecified atom stereocenters. The number of nitrogens with zero attached hydrogens (tertiary/aromatic N) is 1. The summed E-state index contributed by atoms with van der Waals surface area (Å²) in [4.78, 5) is 16.0. The zero-order valence-corrected chi connectivity index (χ0v) is 11.4. The lowest BCUT2D eigenvalue weighted by Crippen LogP contribution is -2.32. The third-order valence-electron chi connectivity index (χ3n) is 3.56. The average molecular weight is 318 g/mol. The number of hydrogen-bond donors (Lipinski definition) is 2. The number of fused-ring (bicyclic) bond motifs is 1. The largest absolute Gasteiger partial charge is 0.348 e. The van der Waals surface area contributed by atoms with Crippen molar-refractivity contribution in [3.63, 3.8) is 0 Å². The molecule has 8 heteroatoms. The number of nitrogens with two attached hydrogens (primary N) is 1. The van der Waals surface area contributed by atoms with Crippen LogP contribution in [0.4, 0.5) is 13.2 Å². The van der Waals surface area contributed by atoms with E-state index in [0.29, 0.717) is 0 Å². The van der Waals surface area contributed by atoms with Crippen molar-refractivity contribution in [3.05, 3.63) is 34.5 Å². The fraction of sp³-hybridized carbons (Fsp3) is 0.308. The Hall–Kier alpha value is -1.73. The summed E-state index contributed by atoms with van der Waals surface area (Å²) in [6, 6.07) is 1.83. The number of H-pyrrole nitrogens is 1. The molecule has 3 N–H and O–H groups in total. The minimum absolute atomic E-state index is 0.0341. The summed E-state index contributed by atoms with van der Waals surface area (Å²) < 4.78 is 40.5. The van der Waals surface area contributed by atoms with Gasteiger partial charge < -0.3 is 15.6 Å². The van der Waals surface area contributed by atoms with Crippen molar-refractivity contribution in [1.82, 2.24) is 9.88 Å². The molecule has 2 aromatic rings. The van der Waals surface area contributed by atoms with Gasteiger partial charge in [-0.15, -0.1) is 0 Å². The van der Waals surface area contributed by atoms with Gasteiger partial charge in [0.2, 0.25) is 0 Å². The first-order valence-corrected chi connectivity index (χ1v) is 6.61. The Labute approximate surface area is 122 Å². The minimum atomic E-state index is -1.29. The van der Waals surface area contributed by atoms with E-state index in [4.69, 9.17) is 17.3 Å². The molecule has 0 bridgehead atoms. The van der Waals surface area contributed by atoms with Gasteiger partial charge in [0, 0.05) is 11.9 Å². The molecule has 1 aromatic carbocycles. The van der Waals surface area contributed by atoms with Gasteiger partial charge in [0.1, 0.15) is 11.9 Å². The van der Waals surface area contributed by atoms with Crippen molar-refractivity contribution in [2.45, 2.75) is 12.2 Å². The fourth-order valence-electron chi connectivity index (χ4n) is 2.42. The lowest BCUT2D eigenvalue weighted by molar-refractivity contribution is 0.0777. The van der Waals surface area contributed by atoms with E-state index >= 15 is 0 Å². The van der Waals surface area contributed by atoms with Crippen LogP contribution in [0.2, 0.25) is 5.02 Å². The summed E-state index contributed by atoms with van der Waals surface area (Å²) in [6.45, 7) is -0.0417. The second-order valence-electron chi connectivity index (χ2n) is 5.02. The van der Waals surface area contributed by atoms with E-state index in [-0.39, 0.29) is 34.7 Å². The summed E-state index contributed by atoms with van der Waals surface area (Å²) in [5, 5.41) is -0.104. The first kappa shape index (κ1) is 14.2. The Morgan fingerprint density at radius 1 is 1.33 bits per heavy atom. The molecular formula is C13H11ClF3N3O. The number of amides is 1.